The predicted octanol–water partition coefficient (Wildman–Crippen LogP) is 4.75. The minimum atomic E-state index is -0.345. The van der Waals surface area contributed by atoms with E-state index in [1.807, 2.05) is 6.92 Å². The van der Waals surface area contributed by atoms with Gasteiger partial charge in [0.1, 0.15) is 17.5 Å². The SMILES string of the molecule is CCCNc1nc(Cc2ccc(F)cc2Cl)nc(C)c1Br. The van der Waals surface area contributed by atoms with Crippen molar-refractivity contribution in [3.63, 3.8) is 0 Å². The molecule has 6 heteroatoms. The van der Waals surface area contributed by atoms with Crippen LogP contribution in [0.25, 0.3) is 0 Å². The van der Waals surface area contributed by atoms with Crippen LogP contribution in [0.1, 0.15) is 30.4 Å². The van der Waals surface area contributed by atoms with Crippen LogP contribution in [0, 0.1) is 12.7 Å². The van der Waals surface area contributed by atoms with E-state index in [-0.39, 0.29) is 5.82 Å². The lowest BCUT2D eigenvalue weighted by atomic mass is 10.1. The van der Waals surface area contributed by atoms with Crippen molar-refractivity contribution in [3.05, 3.63) is 50.6 Å². The molecule has 0 fully saturated rings. The fourth-order valence-corrected chi connectivity index (χ4v) is 2.44. The quantitative estimate of drug-likeness (QED) is 0.823. The summed E-state index contributed by atoms with van der Waals surface area (Å²) in [5.74, 6) is 1.09. The summed E-state index contributed by atoms with van der Waals surface area (Å²) in [5.41, 5.74) is 1.66. The van der Waals surface area contributed by atoms with E-state index in [1.54, 1.807) is 6.07 Å². The number of benzene rings is 1. The largest absolute Gasteiger partial charge is 0.369 e. The molecule has 3 nitrogen and oxygen atoms in total. The van der Waals surface area contributed by atoms with Gasteiger partial charge in [-0.3, -0.25) is 0 Å². The molecule has 0 unspecified atom stereocenters. The molecule has 1 N–H and O–H groups in total. The van der Waals surface area contributed by atoms with E-state index >= 15 is 0 Å². The lowest BCUT2D eigenvalue weighted by Gasteiger charge is -2.11. The van der Waals surface area contributed by atoms with Gasteiger partial charge in [0.2, 0.25) is 0 Å². The highest BCUT2D eigenvalue weighted by molar-refractivity contribution is 9.10. The van der Waals surface area contributed by atoms with Crippen LogP contribution in [0.3, 0.4) is 0 Å². The molecule has 0 amide bonds. The third-order valence-corrected chi connectivity index (χ3v) is 4.27. The maximum absolute atomic E-state index is 13.1. The Morgan fingerprint density at radius 3 is 2.76 bits per heavy atom. The van der Waals surface area contributed by atoms with E-state index in [4.69, 9.17) is 11.6 Å². The Hall–Kier alpha value is -1.20. The molecule has 0 spiro atoms. The lowest BCUT2D eigenvalue weighted by Crippen LogP contribution is -2.08. The number of hydrogen-bond acceptors (Lipinski definition) is 3. The van der Waals surface area contributed by atoms with Crippen LogP contribution in [0.15, 0.2) is 22.7 Å². The van der Waals surface area contributed by atoms with Crippen LogP contribution >= 0.6 is 27.5 Å². The van der Waals surface area contributed by atoms with Gasteiger partial charge in [-0.25, -0.2) is 14.4 Å². The van der Waals surface area contributed by atoms with Crippen molar-refractivity contribution in [3.8, 4) is 0 Å². The standard InChI is InChI=1S/C15H16BrClFN3/c1-3-6-19-15-14(16)9(2)20-13(21-15)7-10-4-5-11(18)8-12(10)17/h4-5,8H,3,6-7H2,1-2H3,(H,19,20,21). The van der Waals surface area contributed by atoms with Crippen molar-refractivity contribution in [1.29, 1.82) is 0 Å². The molecular weight excluding hydrogens is 357 g/mol. The number of nitrogens with one attached hydrogen (secondary N) is 1. The molecule has 0 atom stereocenters. The molecule has 1 aromatic carbocycles. The Morgan fingerprint density at radius 2 is 2.10 bits per heavy atom. The third kappa shape index (κ3) is 4.14. The second-order valence-corrected chi connectivity index (χ2v) is 5.93. The first-order valence-electron chi connectivity index (χ1n) is 6.72. The molecule has 21 heavy (non-hydrogen) atoms. The van der Waals surface area contributed by atoms with E-state index in [0.717, 1.165) is 34.5 Å². The molecule has 2 rings (SSSR count). The monoisotopic (exact) mass is 371 g/mol. The molecule has 0 radical (unpaired) electrons. The number of hydrogen-bond donors (Lipinski definition) is 1. The highest BCUT2D eigenvalue weighted by atomic mass is 79.9. The zero-order chi connectivity index (χ0) is 15.4. The van der Waals surface area contributed by atoms with E-state index < -0.39 is 0 Å². The minimum absolute atomic E-state index is 0.345. The summed E-state index contributed by atoms with van der Waals surface area (Å²) in [5, 5.41) is 3.65. The smallest absolute Gasteiger partial charge is 0.144 e. The molecule has 0 bridgehead atoms. The minimum Gasteiger partial charge on any atom is -0.369 e. The van der Waals surface area contributed by atoms with Gasteiger partial charge >= 0.3 is 0 Å². The van der Waals surface area contributed by atoms with E-state index in [1.165, 1.54) is 12.1 Å². The summed E-state index contributed by atoms with van der Waals surface area (Å²) in [6.45, 7) is 4.85. The highest BCUT2D eigenvalue weighted by Crippen LogP contribution is 2.25. The molecule has 2 aromatic rings. The number of halogens is 3. The van der Waals surface area contributed by atoms with Crippen LogP contribution in [-0.2, 0) is 6.42 Å². The topological polar surface area (TPSA) is 37.8 Å². The summed E-state index contributed by atoms with van der Waals surface area (Å²) < 4.78 is 13.9. The molecule has 0 aliphatic carbocycles. The van der Waals surface area contributed by atoms with E-state index in [9.17, 15) is 4.39 Å². The number of nitrogens with zero attached hydrogens (tertiary/aromatic N) is 2. The Balaban J connectivity index is 2.29. The average Bonchev–Trinajstić information content (AvgIpc) is 2.44. The number of rotatable bonds is 5. The average molecular weight is 373 g/mol. The highest BCUT2D eigenvalue weighted by Gasteiger charge is 2.11. The van der Waals surface area contributed by atoms with Crippen LogP contribution in [0.5, 0.6) is 0 Å². The summed E-state index contributed by atoms with van der Waals surface area (Å²) in [6, 6.07) is 4.36. The Bertz CT molecular complexity index is 649. The maximum Gasteiger partial charge on any atom is 0.144 e. The molecule has 0 aliphatic rings. The number of anilines is 1. The third-order valence-electron chi connectivity index (χ3n) is 2.97. The lowest BCUT2D eigenvalue weighted by molar-refractivity contribution is 0.627. The van der Waals surface area contributed by atoms with Gasteiger partial charge in [-0.2, -0.15) is 0 Å². The maximum atomic E-state index is 13.1. The first-order chi connectivity index (χ1) is 10.0. The van der Waals surface area contributed by atoms with Crippen molar-refractivity contribution in [1.82, 2.24) is 9.97 Å². The predicted molar refractivity (Wildman–Crippen MR) is 87.5 cm³/mol. The molecule has 0 aliphatic heterocycles. The summed E-state index contributed by atoms with van der Waals surface area (Å²) in [7, 11) is 0. The Kier molecular flexibility index (Phi) is 5.53. The molecular formula is C15H16BrClFN3. The van der Waals surface area contributed by atoms with Crippen molar-refractivity contribution in [2.24, 2.45) is 0 Å². The summed E-state index contributed by atoms with van der Waals surface area (Å²) >= 11 is 9.54. The van der Waals surface area contributed by atoms with Gasteiger partial charge in [-0.15, -0.1) is 0 Å². The summed E-state index contributed by atoms with van der Waals surface area (Å²) in [4.78, 5) is 8.96. The van der Waals surface area contributed by atoms with Gasteiger partial charge in [0, 0.05) is 18.0 Å². The van der Waals surface area contributed by atoms with Crippen LogP contribution in [-0.4, -0.2) is 16.5 Å². The van der Waals surface area contributed by atoms with E-state index in [2.05, 4.69) is 38.1 Å². The van der Waals surface area contributed by atoms with Crippen LogP contribution in [0.4, 0.5) is 10.2 Å². The van der Waals surface area contributed by atoms with Gasteiger partial charge in [-0.05, 0) is 47.0 Å². The normalized spacial score (nSPS) is 10.7. The number of aryl methyl sites for hydroxylation is 1. The van der Waals surface area contributed by atoms with E-state index in [0.29, 0.717) is 17.3 Å². The molecule has 1 heterocycles. The van der Waals surface area contributed by atoms with Crippen molar-refractivity contribution >= 4 is 33.3 Å². The van der Waals surface area contributed by atoms with Gasteiger partial charge in [0.15, 0.2) is 0 Å². The zero-order valence-corrected chi connectivity index (χ0v) is 14.2. The second kappa shape index (κ2) is 7.18. The molecule has 0 saturated carbocycles. The molecule has 0 saturated heterocycles. The van der Waals surface area contributed by atoms with Gasteiger partial charge < -0.3 is 5.32 Å². The molecule has 112 valence electrons. The van der Waals surface area contributed by atoms with Crippen molar-refractivity contribution < 1.29 is 4.39 Å². The van der Waals surface area contributed by atoms with Crippen molar-refractivity contribution in [2.75, 3.05) is 11.9 Å². The second-order valence-electron chi connectivity index (χ2n) is 4.73. The number of aromatic nitrogens is 2. The first kappa shape index (κ1) is 16.2. The summed E-state index contributed by atoms with van der Waals surface area (Å²) in [6.07, 6.45) is 1.47. The fourth-order valence-electron chi connectivity index (χ4n) is 1.89. The van der Waals surface area contributed by atoms with Gasteiger partial charge in [0.25, 0.3) is 0 Å². The Labute approximate surface area is 137 Å². The zero-order valence-electron chi connectivity index (χ0n) is 11.9. The van der Waals surface area contributed by atoms with Crippen LogP contribution in [0.2, 0.25) is 5.02 Å². The van der Waals surface area contributed by atoms with Crippen molar-refractivity contribution in [2.45, 2.75) is 26.7 Å². The molecule has 1 aromatic heterocycles. The Morgan fingerprint density at radius 1 is 1.33 bits per heavy atom. The fraction of sp³-hybridized carbons (Fsp3) is 0.333. The van der Waals surface area contributed by atoms with Crippen LogP contribution < -0.4 is 5.32 Å². The first-order valence-corrected chi connectivity index (χ1v) is 7.89. The van der Waals surface area contributed by atoms with Gasteiger partial charge in [0.05, 0.1) is 10.2 Å². The van der Waals surface area contributed by atoms with Gasteiger partial charge in [-0.1, -0.05) is 24.6 Å².